The van der Waals surface area contributed by atoms with Gasteiger partial charge in [-0.25, -0.2) is 0 Å². The predicted molar refractivity (Wildman–Crippen MR) is 259 cm³/mol. The summed E-state index contributed by atoms with van der Waals surface area (Å²) in [5.41, 5.74) is 0. The van der Waals surface area contributed by atoms with Gasteiger partial charge in [0.25, 0.3) is 0 Å². The summed E-state index contributed by atoms with van der Waals surface area (Å²) in [5, 5.41) is 0. The molecule has 0 aromatic heterocycles. The summed E-state index contributed by atoms with van der Waals surface area (Å²) < 4.78 is 1.33. The molecule has 0 aliphatic heterocycles. The van der Waals surface area contributed by atoms with Crippen molar-refractivity contribution in [1.29, 1.82) is 0 Å². The number of nitrogens with zero attached hydrogens (tertiary/aromatic N) is 1. The van der Waals surface area contributed by atoms with Crippen LogP contribution in [0, 0.1) is 0 Å². The molecule has 0 aliphatic rings. The fourth-order valence-corrected chi connectivity index (χ4v) is 7.78. The fraction of sp³-hybridized carbons (Fsp3) is 0.782. The lowest BCUT2D eigenvalue weighted by molar-refractivity contribution is -0.910. The van der Waals surface area contributed by atoms with Gasteiger partial charge in [-0.1, -0.05) is 190 Å². The summed E-state index contributed by atoms with van der Waals surface area (Å²) >= 11 is 0. The first-order chi connectivity index (χ1) is 27.7. The van der Waals surface area contributed by atoms with Crippen molar-refractivity contribution in [2.24, 2.45) is 0 Å². The summed E-state index contributed by atoms with van der Waals surface area (Å²) in [6.45, 7) is 11.0. The van der Waals surface area contributed by atoms with Gasteiger partial charge in [0.1, 0.15) is 0 Å². The summed E-state index contributed by atoms with van der Waals surface area (Å²) in [6.07, 6.45) is 77.0. The first-order valence-corrected chi connectivity index (χ1v) is 25.4. The summed E-state index contributed by atoms with van der Waals surface area (Å²) in [7, 11) is 2.60. The Labute approximate surface area is 354 Å². The van der Waals surface area contributed by atoms with E-state index >= 15 is 0 Å². The van der Waals surface area contributed by atoms with Crippen molar-refractivity contribution in [3.05, 3.63) is 72.9 Å². The molecule has 0 amide bonds. The van der Waals surface area contributed by atoms with Crippen LogP contribution in [0.15, 0.2) is 72.9 Å². The number of rotatable bonds is 45. The van der Waals surface area contributed by atoms with Crippen LogP contribution in [0.2, 0.25) is 0 Å². The molecule has 1 heteroatoms. The molecule has 0 heterocycles. The fourth-order valence-electron chi connectivity index (χ4n) is 7.78. The van der Waals surface area contributed by atoms with Crippen LogP contribution < -0.4 is 0 Å². The maximum atomic E-state index is 2.60. The summed E-state index contributed by atoms with van der Waals surface area (Å²) in [6, 6.07) is 0. The van der Waals surface area contributed by atoms with Crippen molar-refractivity contribution in [3.63, 3.8) is 0 Å². The second-order valence-electron chi connectivity index (χ2n) is 17.5. The third kappa shape index (κ3) is 45.1. The molecule has 0 saturated carbocycles. The number of unbranched alkanes of at least 4 members (excludes halogenated alkanes) is 27. The quantitative estimate of drug-likeness (QED) is 0.0328. The first kappa shape index (κ1) is 54.4. The molecule has 0 radical (unpaired) electrons. The zero-order chi connectivity index (χ0) is 40.6. The van der Waals surface area contributed by atoms with E-state index in [1.165, 1.54) is 236 Å². The van der Waals surface area contributed by atoms with E-state index in [1.54, 1.807) is 0 Å². The highest BCUT2D eigenvalue weighted by atomic mass is 15.3. The molecule has 0 atom stereocenters. The molecule has 0 aromatic rings. The molecule has 56 heavy (non-hydrogen) atoms. The van der Waals surface area contributed by atoms with E-state index in [1.807, 2.05) is 0 Å². The minimum absolute atomic E-state index is 1.12. The van der Waals surface area contributed by atoms with Crippen LogP contribution in [-0.2, 0) is 0 Å². The molecule has 0 aromatic carbocycles. The highest BCUT2D eigenvalue weighted by Gasteiger charge is 2.20. The van der Waals surface area contributed by atoms with E-state index in [0.717, 1.165) is 19.3 Å². The molecular formula is C55H102N+. The minimum atomic E-state index is 1.12. The van der Waals surface area contributed by atoms with Crippen LogP contribution >= 0.6 is 0 Å². The third-order valence-corrected chi connectivity index (χ3v) is 11.7. The largest absolute Gasteiger partial charge is 0.326 e. The maximum Gasteiger partial charge on any atom is 0.0784 e. The Morgan fingerprint density at radius 2 is 0.429 bits per heavy atom. The Kier molecular flexibility index (Phi) is 46.4. The molecule has 0 saturated heterocycles. The zero-order valence-electron chi connectivity index (χ0n) is 39.0. The normalized spacial score (nSPS) is 13.7. The van der Waals surface area contributed by atoms with Crippen molar-refractivity contribution in [1.82, 2.24) is 0 Å². The molecule has 0 rings (SSSR count). The lowest BCUT2D eigenvalue weighted by Gasteiger charge is -2.35. The number of hydrogen-bond donors (Lipinski definition) is 0. The minimum Gasteiger partial charge on any atom is -0.326 e. The van der Waals surface area contributed by atoms with Crippen LogP contribution in [0.3, 0.4) is 0 Å². The Hall–Kier alpha value is -1.60. The van der Waals surface area contributed by atoms with Gasteiger partial charge < -0.3 is 4.48 Å². The van der Waals surface area contributed by atoms with E-state index in [2.05, 4.69) is 101 Å². The average molecular weight is 777 g/mol. The average Bonchev–Trinajstić information content (AvgIpc) is 3.20. The Morgan fingerprint density at radius 3 is 0.661 bits per heavy atom. The van der Waals surface area contributed by atoms with Crippen molar-refractivity contribution in [3.8, 4) is 0 Å². The standard InChI is InChI=1S/C55H102N/c1-5-8-11-14-17-20-23-26-29-32-35-38-41-44-47-50-53-56(4,54-51-48-45-42-39-36-33-30-27-24-21-18-15-12-9-6-2)55-52-49-46-43-40-37-34-31-28-25-22-19-16-13-10-7-3/h17-22,26-31H,5-16,23-25,32-55H2,1-4H3/q+1. The van der Waals surface area contributed by atoms with Gasteiger partial charge in [-0.3, -0.25) is 0 Å². The highest BCUT2D eigenvalue weighted by Crippen LogP contribution is 2.17. The second-order valence-corrected chi connectivity index (χ2v) is 17.5. The smallest absolute Gasteiger partial charge is 0.0784 e. The summed E-state index contributed by atoms with van der Waals surface area (Å²) in [4.78, 5) is 0. The van der Waals surface area contributed by atoms with Crippen molar-refractivity contribution in [2.75, 3.05) is 26.7 Å². The lowest BCUT2D eigenvalue weighted by Crippen LogP contribution is -2.46. The van der Waals surface area contributed by atoms with E-state index < -0.39 is 0 Å². The second kappa shape index (κ2) is 47.8. The monoisotopic (exact) mass is 777 g/mol. The molecule has 0 fully saturated rings. The highest BCUT2D eigenvalue weighted by molar-refractivity contribution is 4.94. The van der Waals surface area contributed by atoms with Crippen molar-refractivity contribution < 1.29 is 4.48 Å². The summed E-state index contributed by atoms with van der Waals surface area (Å²) in [5.74, 6) is 0. The van der Waals surface area contributed by atoms with Crippen LogP contribution in [0.1, 0.15) is 252 Å². The van der Waals surface area contributed by atoms with E-state index in [9.17, 15) is 0 Å². The third-order valence-electron chi connectivity index (χ3n) is 11.7. The van der Waals surface area contributed by atoms with Crippen LogP contribution in [0.4, 0.5) is 0 Å². The molecular weight excluding hydrogens is 675 g/mol. The molecule has 0 spiro atoms. The number of quaternary nitrogens is 1. The van der Waals surface area contributed by atoms with Gasteiger partial charge in [0.05, 0.1) is 26.7 Å². The molecule has 1 nitrogen and oxygen atoms in total. The lowest BCUT2D eigenvalue weighted by atomic mass is 10.1. The topological polar surface area (TPSA) is 0 Å². The van der Waals surface area contributed by atoms with Crippen molar-refractivity contribution in [2.45, 2.75) is 252 Å². The number of allylic oxidation sites excluding steroid dienone is 12. The first-order valence-electron chi connectivity index (χ1n) is 25.4. The van der Waals surface area contributed by atoms with E-state index in [0.29, 0.717) is 0 Å². The van der Waals surface area contributed by atoms with Crippen molar-refractivity contribution >= 4 is 0 Å². The SMILES string of the molecule is CCCCCC=CCC=CCCCCCCCC[N+](C)(CCCCCCCCC=CCC=CCCCCC)CCCCCCCCC=CCC=CCCCCC. The molecule has 326 valence electrons. The van der Waals surface area contributed by atoms with Gasteiger partial charge in [0.15, 0.2) is 0 Å². The Morgan fingerprint density at radius 1 is 0.232 bits per heavy atom. The van der Waals surface area contributed by atoms with E-state index in [4.69, 9.17) is 0 Å². The van der Waals surface area contributed by atoms with Crippen LogP contribution in [0.5, 0.6) is 0 Å². The van der Waals surface area contributed by atoms with Gasteiger partial charge in [0, 0.05) is 0 Å². The van der Waals surface area contributed by atoms with Gasteiger partial charge in [0.2, 0.25) is 0 Å². The van der Waals surface area contributed by atoms with Crippen LogP contribution in [0.25, 0.3) is 0 Å². The maximum absolute atomic E-state index is 2.60. The van der Waals surface area contributed by atoms with Crippen LogP contribution in [-0.4, -0.2) is 31.2 Å². The molecule has 0 aliphatic carbocycles. The molecule has 0 N–H and O–H groups in total. The van der Waals surface area contributed by atoms with Gasteiger partial charge in [-0.2, -0.15) is 0 Å². The zero-order valence-corrected chi connectivity index (χ0v) is 39.0. The predicted octanol–water partition coefficient (Wildman–Crippen LogP) is 18.9. The molecule has 0 bridgehead atoms. The number of hydrogen-bond acceptors (Lipinski definition) is 0. The Balaban J connectivity index is 4.26. The van der Waals surface area contributed by atoms with Gasteiger partial charge >= 0.3 is 0 Å². The van der Waals surface area contributed by atoms with Gasteiger partial charge in [-0.15, -0.1) is 0 Å². The Bertz CT molecular complexity index is 799. The van der Waals surface area contributed by atoms with E-state index in [-0.39, 0.29) is 0 Å². The van der Waals surface area contributed by atoms with Gasteiger partial charge in [-0.05, 0) is 135 Å². The molecule has 0 unspecified atom stereocenters.